The van der Waals surface area contributed by atoms with E-state index in [4.69, 9.17) is 0 Å². The molecule has 0 aromatic rings. The molecule has 2 amide bonds. The summed E-state index contributed by atoms with van der Waals surface area (Å²) >= 11 is 0. The minimum absolute atomic E-state index is 0. The molecule has 0 aromatic heterocycles. The van der Waals surface area contributed by atoms with Gasteiger partial charge in [-0.1, -0.05) is 0 Å². The first-order valence-electron chi connectivity index (χ1n) is 5.86. The van der Waals surface area contributed by atoms with Crippen molar-refractivity contribution in [3.8, 4) is 0 Å². The Morgan fingerprint density at radius 3 is 2.76 bits per heavy atom. The predicted octanol–water partition coefficient (Wildman–Crippen LogP) is 0.143. The Bertz CT molecular complexity index is 271. The van der Waals surface area contributed by atoms with Crippen LogP contribution in [0.4, 0.5) is 0 Å². The molecule has 0 aliphatic carbocycles. The number of likely N-dealkylation sites (N-methyl/N-ethyl adjacent to an activating group) is 1. The van der Waals surface area contributed by atoms with Crippen molar-refractivity contribution in [3.05, 3.63) is 0 Å². The maximum Gasteiger partial charge on any atom is 0.240 e. The second-order valence-electron chi connectivity index (χ2n) is 4.35. The van der Waals surface area contributed by atoms with Gasteiger partial charge in [0.05, 0.1) is 12.5 Å². The number of hydrogen-bond acceptors (Lipinski definition) is 3. The van der Waals surface area contributed by atoms with E-state index in [-0.39, 0.29) is 42.7 Å². The van der Waals surface area contributed by atoms with Gasteiger partial charge in [0.15, 0.2) is 0 Å². The highest BCUT2D eigenvalue weighted by molar-refractivity contribution is 5.88. The zero-order chi connectivity index (χ0) is 12.1. The smallest absolute Gasteiger partial charge is 0.240 e. The normalized spacial score (nSPS) is 20.1. The van der Waals surface area contributed by atoms with E-state index < -0.39 is 0 Å². The maximum atomic E-state index is 11.9. The van der Waals surface area contributed by atoms with Crippen LogP contribution in [0.3, 0.4) is 0 Å². The van der Waals surface area contributed by atoms with E-state index in [0.29, 0.717) is 6.54 Å². The van der Waals surface area contributed by atoms with Crippen LogP contribution in [0, 0.1) is 0 Å². The number of rotatable bonds is 4. The molecule has 1 atom stereocenters. The SMILES string of the molecule is CCN1CCNC(CC(=O)NC(C)C)C1=O.Cl. The summed E-state index contributed by atoms with van der Waals surface area (Å²) in [5, 5.41) is 5.88. The standard InChI is InChI=1S/C11H21N3O2.ClH/c1-4-14-6-5-12-9(11(14)16)7-10(15)13-8(2)3;/h8-9,12H,4-7H2,1-3H3,(H,13,15);1H. The lowest BCUT2D eigenvalue weighted by molar-refractivity contribution is -0.138. The van der Waals surface area contributed by atoms with Gasteiger partial charge in [0.25, 0.3) is 0 Å². The molecule has 2 N–H and O–H groups in total. The molecule has 6 heteroatoms. The largest absolute Gasteiger partial charge is 0.354 e. The Kier molecular flexibility index (Phi) is 7.15. The lowest BCUT2D eigenvalue weighted by Gasteiger charge is -2.32. The molecule has 1 saturated heterocycles. The Labute approximate surface area is 109 Å². The van der Waals surface area contributed by atoms with Crippen LogP contribution in [-0.2, 0) is 9.59 Å². The molecule has 1 rings (SSSR count). The fraction of sp³-hybridized carbons (Fsp3) is 0.818. The Morgan fingerprint density at radius 1 is 1.59 bits per heavy atom. The lowest BCUT2D eigenvalue weighted by atomic mass is 10.1. The molecular weight excluding hydrogens is 242 g/mol. The first-order valence-corrected chi connectivity index (χ1v) is 5.86. The van der Waals surface area contributed by atoms with Crippen molar-refractivity contribution in [1.29, 1.82) is 0 Å². The van der Waals surface area contributed by atoms with Crippen molar-refractivity contribution < 1.29 is 9.59 Å². The lowest BCUT2D eigenvalue weighted by Crippen LogP contribution is -2.56. The van der Waals surface area contributed by atoms with Gasteiger partial charge in [-0.2, -0.15) is 0 Å². The molecule has 5 nitrogen and oxygen atoms in total. The number of hydrogen-bond donors (Lipinski definition) is 2. The summed E-state index contributed by atoms with van der Waals surface area (Å²) in [7, 11) is 0. The second kappa shape index (κ2) is 7.50. The molecule has 0 aromatic carbocycles. The molecule has 0 bridgehead atoms. The number of nitrogens with zero attached hydrogens (tertiary/aromatic N) is 1. The summed E-state index contributed by atoms with van der Waals surface area (Å²) in [6, 6.07) is -0.235. The molecule has 0 radical (unpaired) electrons. The fourth-order valence-electron chi connectivity index (χ4n) is 1.83. The van der Waals surface area contributed by atoms with Gasteiger partial charge in [-0.15, -0.1) is 12.4 Å². The van der Waals surface area contributed by atoms with Crippen molar-refractivity contribution in [2.45, 2.75) is 39.3 Å². The van der Waals surface area contributed by atoms with Crippen molar-refractivity contribution in [1.82, 2.24) is 15.5 Å². The average molecular weight is 264 g/mol. The van der Waals surface area contributed by atoms with Gasteiger partial charge < -0.3 is 15.5 Å². The summed E-state index contributed by atoms with van der Waals surface area (Å²) in [5.41, 5.74) is 0. The number of carbonyl (C=O) groups excluding carboxylic acids is 2. The quantitative estimate of drug-likeness (QED) is 0.759. The first kappa shape index (κ1) is 16.2. The van der Waals surface area contributed by atoms with Crippen molar-refractivity contribution in [2.24, 2.45) is 0 Å². The number of carbonyl (C=O) groups is 2. The highest BCUT2D eigenvalue weighted by Crippen LogP contribution is 2.04. The van der Waals surface area contributed by atoms with E-state index in [1.54, 1.807) is 4.90 Å². The average Bonchev–Trinajstić information content (AvgIpc) is 2.20. The summed E-state index contributed by atoms with van der Waals surface area (Å²) < 4.78 is 0. The molecule has 0 saturated carbocycles. The van der Waals surface area contributed by atoms with Crippen molar-refractivity contribution >= 4 is 24.2 Å². The third-order valence-electron chi connectivity index (χ3n) is 2.60. The number of halogens is 1. The van der Waals surface area contributed by atoms with Crippen LogP contribution in [0.15, 0.2) is 0 Å². The van der Waals surface area contributed by atoms with Gasteiger partial charge in [0.2, 0.25) is 11.8 Å². The van der Waals surface area contributed by atoms with Gasteiger partial charge in [-0.3, -0.25) is 9.59 Å². The first-order chi connectivity index (χ1) is 7.54. The van der Waals surface area contributed by atoms with Crippen LogP contribution in [0.5, 0.6) is 0 Å². The fourth-order valence-corrected chi connectivity index (χ4v) is 1.83. The van der Waals surface area contributed by atoms with E-state index in [1.165, 1.54) is 0 Å². The third-order valence-corrected chi connectivity index (χ3v) is 2.60. The molecule has 0 spiro atoms. The molecule has 1 fully saturated rings. The Morgan fingerprint density at radius 2 is 2.24 bits per heavy atom. The summed E-state index contributed by atoms with van der Waals surface area (Å²) in [5.74, 6) is -0.0357. The highest BCUT2D eigenvalue weighted by atomic mass is 35.5. The summed E-state index contributed by atoms with van der Waals surface area (Å²) in [6.07, 6.45) is 0.230. The highest BCUT2D eigenvalue weighted by Gasteiger charge is 2.28. The van der Waals surface area contributed by atoms with Gasteiger partial charge in [0, 0.05) is 25.7 Å². The minimum atomic E-state index is -0.354. The van der Waals surface area contributed by atoms with Crippen molar-refractivity contribution in [3.63, 3.8) is 0 Å². The molecule has 1 aliphatic rings. The molecule has 1 aliphatic heterocycles. The summed E-state index contributed by atoms with van der Waals surface area (Å²) in [6.45, 7) is 7.98. The van der Waals surface area contributed by atoms with Crippen LogP contribution in [0.2, 0.25) is 0 Å². The van der Waals surface area contributed by atoms with Crippen molar-refractivity contribution in [2.75, 3.05) is 19.6 Å². The number of piperazine rings is 1. The molecule has 17 heavy (non-hydrogen) atoms. The minimum Gasteiger partial charge on any atom is -0.354 e. The monoisotopic (exact) mass is 263 g/mol. The zero-order valence-electron chi connectivity index (χ0n) is 10.7. The topological polar surface area (TPSA) is 61.4 Å². The third kappa shape index (κ3) is 4.91. The van der Waals surface area contributed by atoms with E-state index in [0.717, 1.165) is 13.1 Å². The molecule has 1 unspecified atom stereocenters. The van der Waals surface area contributed by atoms with Crippen LogP contribution in [0.1, 0.15) is 27.2 Å². The summed E-state index contributed by atoms with van der Waals surface area (Å²) in [4.78, 5) is 25.2. The number of nitrogens with one attached hydrogen (secondary N) is 2. The van der Waals surface area contributed by atoms with Crippen LogP contribution < -0.4 is 10.6 Å². The molecular formula is C11H22ClN3O2. The van der Waals surface area contributed by atoms with Crippen LogP contribution in [-0.4, -0.2) is 48.4 Å². The van der Waals surface area contributed by atoms with Gasteiger partial charge >= 0.3 is 0 Å². The van der Waals surface area contributed by atoms with Gasteiger partial charge in [0.1, 0.15) is 0 Å². The molecule has 100 valence electrons. The van der Waals surface area contributed by atoms with Gasteiger partial charge in [-0.05, 0) is 20.8 Å². The zero-order valence-corrected chi connectivity index (χ0v) is 11.5. The van der Waals surface area contributed by atoms with E-state index in [1.807, 2.05) is 20.8 Å². The Hall–Kier alpha value is -0.810. The van der Waals surface area contributed by atoms with Crippen LogP contribution in [0.25, 0.3) is 0 Å². The Balaban J connectivity index is 0.00000256. The van der Waals surface area contributed by atoms with Crippen LogP contribution >= 0.6 is 12.4 Å². The maximum absolute atomic E-state index is 11.9. The van der Waals surface area contributed by atoms with E-state index >= 15 is 0 Å². The van der Waals surface area contributed by atoms with E-state index in [2.05, 4.69) is 10.6 Å². The van der Waals surface area contributed by atoms with Gasteiger partial charge in [-0.25, -0.2) is 0 Å². The van der Waals surface area contributed by atoms with E-state index in [9.17, 15) is 9.59 Å². The second-order valence-corrected chi connectivity index (χ2v) is 4.35. The number of amides is 2. The predicted molar refractivity (Wildman–Crippen MR) is 69.2 cm³/mol. The molecule has 1 heterocycles.